The Kier molecular flexibility index (Phi) is 1.66. The highest BCUT2D eigenvalue weighted by Gasteiger charge is 2.42. The summed E-state index contributed by atoms with van der Waals surface area (Å²) in [5.74, 6) is 2.05. The van der Waals surface area contributed by atoms with Crippen molar-refractivity contribution >= 4 is 0 Å². The number of hydrogen-bond donors (Lipinski definition) is 1. The molecule has 0 aromatic rings. The third-order valence-electron chi connectivity index (χ3n) is 3.33. The van der Waals surface area contributed by atoms with Gasteiger partial charge in [-0.1, -0.05) is 0 Å². The molecule has 1 saturated heterocycles. The van der Waals surface area contributed by atoms with Crippen LogP contribution in [0, 0.1) is 11.8 Å². The molecule has 12 heavy (non-hydrogen) atoms. The molecule has 0 aromatic carbocycles. The minimum absolute atomic E-state index is 0.691. The van der Waals surface area contributed by atoms with Gasteiger partial charge in [0, 0.05) is 6.04 Å². The zero-order valence-electron chi connectivity index (χ0n) is 7.46. The van der Waals surface area contributed by atoms with Gasteiger partial charge in [-0.2, -0.15) is 0 Å². The Balaban J connectivity index is 1.54. The van der Waals surface area contributed by atoms with E-state index in [2.05, 4.69) is 5.32 Å². The smallest absolute Gasteiger partial charge is 0.0643 e. The largest absolute Gasteiger partial charge is 0.378 e. The van der Waals surface area contributed by atoms with Gasteiger partial charge in [0.2, 0.25) is 0 Å². The summed E-state index contributed by atoms with van der Waals surface area (Å²) in [6.45, 7) is 1.91. The van der Waals surface area contributed by atoms with Crippen LogP contribution in [0.2, 0.25) is 0 Å². The second-order valence-electron chi connectivity index (χ2n) is 4.60. The Labute approximate surface area is 73.7 Å². The standard InChI is InChI=1S/C10H17NO/c1-2-7(1)10(8-3-4-8)11-9-5-12-6-9/h7-11H,1-6H2. The predicted molar refractivity (Wildman–Crippen MR) is 47.0 cm³/mol. The molecular formula is C10H17NO. The van der Waals surface area contributed by atoms with Crippen LogP contribution in [0.15, 0.2) is 0 Å². The molecule has 3 rings (SSSR count). The van der Waals surface area contributed by atoms with Gasteiger partial charge in [0.1, 0.15) is 0 Å². The average Bonchev–Trinajstić information content (AvgIpc) is 2.81. The fourth-order valence-electron chi connectivity index (χ4n) is 2.17. The quantitative estimate of drug-likeness (QED) is 0.678. The molecule has 1 heterocycles. The Morgan fingerprint density at radius 2 is 1.58 bits per heavy atom. The lowest BCUT2D eigenvalue weighted by Gasteiger charge is -2.31. The minimum Gasteiger partial charge on any atom is -0.378 e. The summed E-state index contributed by atoms with van der Waals surface area (Å²) in [5, 5.41) is 3.75. The molecule has 1 N–H and O–H groups in total. The molecule has 0 atom stereocenters. The van der Waals surface area contributed by atoms with Gasteiger partial charge in [0.25, 0.3) is 0 Å². The summed E-state index contributed by atoms with van der Waals surface area (Å²) >= 11 is 0. The van der Waals surface area contributed by atoms with E-state index in [1.54, 1.807) is 0 Å². The van der Waals surface area contributed by atoms with Crippen LogP contribution in [0.3, 0.4) is 0 Å². The topological polar surface area (TPSA) is 21.3 Å². The SMILES string of the molecule is C1OCC1NC(C1CC1)C1CC1. The van der Waals surface area contributed by atoms with Gasteiger partial charge >= 0.3 is 0 Å². The maximum Gasteiger partial charge on any atom is 0.0643 e. The van der Waals surface area contributed by atoms with Crippen molar-refractivity contribution < 1.29 is 4.74 Å². The summed E-state index contributed by atoms with van der Waals surface area (Å²) in [4.78, 5) is 0. The number of hydrogen-bond acceptors (Lipinski definition) is 2. The number of nitrogens with one attached hydrogen (secondary N) is 1. The van der Waals surface area contributed by atoms with Crippen LogP contribution in [0.5, 0.6) is 0 Å². The van der Waals surface area contributed by atoms with Crippen molar-refractivity contribution in [3.05, 3.63) is 0 Å². The average molecular weight is 167 g/mol. The molecule has 0 unspecified atom stereocenters. The molecule has 0 aromatic heterocycles. The summed E-state index contributed by atoms with van der Waals surface area (Å²) in [7, 11) is 0. The highest BCUT2D eigenvalue weighted by atomic mass is 16.5. The zero-order chi connectivity index (χ0) is 7.97. The van der Waals surface area contributed by atoms with E-state index in [0.29, 0.717) is 6.04 Å². The van der Waals surface area contributed by atoms with Crippen LogP contribution < -0.4 is 5.32 Å². The van der Waals surface area contributed by atoms with Gasteiger partial charge in [-0.25, -0.2) is 0 Å². The van der Waals surface area contributed by atoms with Gasteiger partial charge in [-0.05, 0) is 37.5 Å². The maximum absolute atomic E-state index is 5.17. The van der Waals surface area contributed by atoms with Crippen molar-refractivity contribution in [2.24, 2.45) is 11.8 Å². The first-order valence-corrected chi connectivity index (χ1v) is 5.27. The van der Waals surface area contributed by atoms with E-state index in [1.165, 1.54) is 25.7 Å². The molecule has 2 saturated carbocycles. The van der Waals surface area contributed by atoms with E-state index in [9.17, 15) is 0 Å². The first-order valence-electron chi connectivity index (χ1n) is 5.27. The molecule has 3 aliphatic rings. The number of rotatable bonds is 4. The van der Waals surface area contributed by atoms with E-state index in [0.717, 1.165) is 31.1 Å². The highest BCUT2D eigenvalue weighted by Crippen LogP contribution is 2.44. The van der Waals surface area contributed by atoms with Crippen LogP contribution in [-0.4, -0.2) is 25.3 Å². The fourth-order valence-corrected chi connectivity index (χ4v) is 2.17. The van der Waals surface area contributed by atoms with Crippen molar-refractivity contribution in [3.63, 3.8) is 0 Å². The molecule has 0 radical (unpaired) electrons. The summed E-state index contributed by atoms with van der Waals surface area (Å²) in [5.41, 5.74) is 0. The normalized spacial score (nSPS) is 30.8. The monoisotopic (exact) mass is 167 g/mol. The summed E-state index contributed by atoms with van der Waals surface area (Å²) < 4.78 is 5.17. The van der Waals surface area contributed by atoms with Crippen molar-refractivity contribution in [3.8, 4) is 0 Å². The molecule has 1 aliphatic heterocycles. The molecule has 0 bridgehead atoms. The van der Waals surface area contributed by atoms with Gasteiger partial charge in [0.05, 0.1) is 19.3 Å². The number of ether oxygens (including phenoxy) is 1. The van der Waals surface area contributed by atoms with Crippen LogP contribution in [0.25, 0.3) is 0 Å². The van der Waals surface area contributed by atoms with Gasteiger partial charge in [-0.15, -0.1) is 0 Å². The molecule has 68 valence electrons. The van der Waals surface area contributed by atoms with E-state index in [4.69, 9.17) is 4.74 Å². The third kappa shape index (κ3) is 1.38. The fraction of sp³-hybridized carbons (Fsp3) is 1.00. The molecule has 3 fully saturated rings. The van der Waals surface area contributed by atoms with Crippen LogP contribution in [0.4, 0.5) is 0 Å². The van der Waals surface area contributed by atoms with Crippen molar-refractivity contribution in [1.82, 2.24) is 5.32 Å². The molecule has 2 heteroatoms. The Morgan fingerprint density at radius 3 is 1.92 bits per heavy atom. The minimum atomic E-state index is 0.691. The Morgan fingerprint density at radius 1 is 1.00 bits per heavy atom. The lowest BCUT2D eigenvalue weighted by molar-refractivity contribution is -0.0124. The zero-order valence-corrected chi connectivity index (χ0v) is 7.46. The van der Waals surface area contributed by atoms with E-state index in [-0.39, 0.29) is 0 Å². The van der Waals surface area contributed by atoms with Gasteiger partial charge < -0.3 is 10.1 Å². The van der Waals surface area contributed by atoms with Gasteiger partial charge in [-0.3, -0.25) is 0 Å². The second kappa shape index (κ2) is 2.71. The molecular weight excluding hydrogens is 150 g/mol. The highest BCUT2D eigenvalue weighted by molar-refractivity contribution is 4.98. The third-order valence-corrected chi connectivity index (χ3v) is 3.33. The predicted octanol–water partition coefficient (Wildman–Crippen LogP) is 1.16. The van der Waals surface area contributed by atoms with E-state index >= 15 is 0 Å². The molecule has 2 aliphatic carbocycles. The van der Waals surface area contributed by atoms with Crippen LogP contribution >= 0.6 is 0 Å². The van der Waals surface area contributed by atoms with Crippen molar-refractivity contribution in [1.29, 1.82) is 0 Å². The van der Waals surface area contributed by atoms with E-state index < -0.39 is 0 Å². The van der Waals surface area contributed by atoms with Crippen molar-refractivity contribution in [2.75, 3.05) is 13.2 Å². The lowest BCUT2D eigenvalue weighted by Crippen LogP contribution is -2.51. The Hall–Kier alpha value is -0.0800. The first-order chi connectivity index (χ1) is 5.93. The van der Waals surface area contributed by atoms with Crippen LogP contribution in [-0.2, 0) is 4.74 Å². The second-order valence-corrected chi connectivity index (χ2v) is 4.60. The summed E-state index contributed by atoms with van der Waals surface area (Å²) in [6.07, 6.45) is 5.90. The van der Waals surface area contributed by atoms with Gasteiger partial charge in [0.15, 0.2) is 0 Å². The summed E-state index contributed by atoms with van der Waals surface area (Å²) in [6, 6.07) is 1.55. The molecule has 2 nitrogen and oxygen atoms in total. The molecule has 0 spiro atoms. The lowest BCUT2D eigenvalue weighted by atomic mass is 10.1. The first kappa shape index (κ1) is 7.34. The molecule has 0 amide bonds. The van der Waals surface area contributed by atoms with E-state index in [1.807, 2.05) is 0 Å². The maximum atomic E-state index is 5.17. The Bertz CT molecular complexity index is 159. The van der Waals surface area contributed by atoms with Crippen molar-refractivity contribution in [2.45, 2.75) is 37.8 Å². The van der Waals surface area contributed by atoms with Crippen LogP contribution in [0.1, 0.15) is 25.7 Å².